The van der Waals surface area contributed by atoms with Crippen LogP contribution in [-0.2, 0) is 9.59 Å². The van der Waals surface area contributed by atoms with E-state index in [4.69, 9.17) is 5.73 Å². The van der Waals surface area contributed by atoms with Gasteiger partial charge in [-0.2, -0.15) is 0 Å². The first kappa shape index (κ1) is 19.2. The van der Waals surface area contributed by atoms with Crippen molar-refractivity contribution in [1.29, 1.82) is 0 Å². The molecule has 1 atom stereocenters. The Morgan fingerprint density at radius 3 is 2.60 bits per heavy atom. The lowest BCUT2D eigenvalue weighted by atomic mass is 9.98. The van der Waals surface area contributed by atoms with Crippen LogP contribution in [-0.4, -0.2) is 42.4 Å². The Kier molecular flexibility index (Phi) is 9.59. The highest BCUT2D eigenvalue weighted by atomic mass is 35.5. The zero-order valence-corrected chi connectivity index (χ0v) is 13.4. The smallest absolute Gasteiger partial charge is 0.242 e. The van der Waals surface area contributed by atoms with Gasteiger partial charge in [-0.25, -0.2) is 0 Å². The van der Waals surface area contributed by atoms with Crippen molar-refractivity contribution < 1.29 is 9.59 Å². The molecule has 1 rings (SSSR count). The summed E-state index contributed by atoms with van der Waals surface area (Å²) in [5.74, 6) is 0.329. The maximum atomic E-state index is 12.2. The fraction of sp³-hybridized carbons (Fsp3) is 0.857. The van der Waals surface area contributed by atoms with E-state index in [0.717, 1.165) is 25.8 Å². The van der Waals surface area contributed by atoms with Gasteiger partial charge in [-0.05, 0) is 25.2 Å². The maximum absolute atomic E-state index is 12.2. The molecule has 1 heterocycles. The first-order valence-electron chi connectivity index (χ1n) is 7.30. The van der Waals surface area contributed by atoms with Crippen molar-refractivity contribution in [3.63, 3.8) is 0 Å². The molecule has 0 aliphatic carbocycles. The van der Waals surface area contributed by atoms with Gasteiger partial charge in [-0.15, -0.1) is 12.4 Å². The second-order valence-corrected chi connectivity index (χ2v) is 5.70. The van der Waals surface area contributed by atoms with Gasteiger partial charge in [0.15, 0.2) is 0 Å². The molecule has 1 saturated heterocycles. The van der Waals surface area contributed by atoms with Gasteiger partial charge in [0.2, 0.25) is 11.8 Å². The predicted octanol–water partition coefficient (Wildman–Crippen LogP) is 1.30. The lowest BCUT2D eigenvalue weighted by Crippen LogP contribution is -2.46. The Labute approximate surface area is 128 Å². The molecule has 1 fully saturated rings. The van der Waals surface area contributed by atoms with Crippen molar-refractivity contribution in [3.05, 3.63) is 0 Å². The molecule has 0 spiro atoms. The first-order valence-corrected chi connectivity index (χ1v) is 7.30. The molecule has 0 aromatic carbocycles. The van der Waals surface area contributed by atoms with Crippen LogP contribution in [0.2, 0.25) is 0 Å². The highest BCUT2D eigenvalue weighted by Crippen LogP contribution is 2.22. The molecule has 3 N–H and O–H groups in total. The number of nitrogens with zero attached hydrogens (tertiary/aromatic N) is 1. The Bertz CT molecular complexity index is 311. The number of amides is 2. The van der Waals surface area contributed by atoms with Gasteiger partial charge < -0.3 is 16.0 Å². The van der Waals surface area contributed by atoms with Gasteiger partial charge in [0.1, 0.15) is 0 Å². The first-order chi connectivity index (χ1) is 9.04. The minimum absolute atomic E-state index is 0. The van der Waals surface area contributed by atoms with Crippen LogP contribution in [0.4, 0.5) is 0 Å². The van der Waals surface area contributed by atoms with Crippen LogP contribution in [0.3, 0.4) is 0 Å². The summed E-state index contributed by atoms with van der Waals surface area (Å²) in [6.45, 7) is 5.19. The van der Waals surface area contributed by atoms with Gasteiger partial charge in [0.05, 0.1) is 13.1 Å². The highest BCUT2D eigenvalue weighted by Gasteiger charge is 2.25. The van der Waals surface area contributed by atoms with E-state index in [0.29, 0.717) is 12.0 Å². The van der Waals surface area contributed by atoms with Crippen molar-refractivity contribution in [1.82, 2.24) is 10.2 Å². The third-order valence-electron chi connectivity index (χ3n) is 3.56. The largest absolute Gasteiger partial charge is 0.346 e. The van der Waals surface area contributed by atoms with Crippen molar-refractivity contribution in [3.8, 4) is 0 Å². The SMILES string of the molecule is CC(C)CC1CCCCCN1C(=O)CNC(=O)CN.Cl. The number of hydrogen-bond acceptors (Lipinski definition) is 3. The highest BCUT2D eigenvalue weighted by molar-refractivity contribution is 5.86. The molecule has 0 aromatic heterocycles. The standard InChI is InChI=1S/C14H27N3O2.ClH/c1-11(2)8-12-6-4-3-5-7-17(12)14(19)10-16-13(18)9-15;/h11-12H,3-10,15H2,1-2H3,(H,16,18);1H. The second-order valence-electron chi connectivity index (χ2n) is 5.70. The Balaban J connectivity index is 0.00000361. The summed E-state index contributed by atoms with van der Waals surface area (Å²) in [4.78, 5) is 25.3. The Morgan fingerprint density at radius 1 is 1.30 bits per heavy atom. The van der Waals surface area contributed by atoms with Gasteiger partial charge >= 0.3 is 0 Å². The van der Waals surface area contributed by atoms with E-state index in [9.17, 15) is 9.59 Å². The van der Waals surface area contributed by atoms with Crippen LogP contribution in [0.5, 0.6) is 0 Å². The molecule has 0 saturated carbocycles. The maximum Gasteiger partial charge on any atom is 0.242 e. The van der Waals surface area contributed by atoms with Crippen LogP contribution in [0, 0.1) is 5.92 Å². The van der Waals surface area contributed by atoms with Crippen LogP contribution in [0.1, 0.15) is 46.0 Å². The molecule has 0 radical (unpaired) electrons. The summed E-state index contributed by atoms with van der Waals surface area (Å²) in [5, 5.41) is 2.57. The van der Waals surface area contributed by atoms with Gasteiger partial charge in [0.25, 0.3) is 0 Å². The van der Waals surface area contributed by atoms with Crippen LogP contribution in [0.15, 0.2) is 0 Å². The third kappa shape index (κ3) is 6.57. The number of nitrogens with one attached hydrogen (secondary N) is 1. The van der Waals surface area contributed by atoms with Crippen molar-refractivity contribution in [2.24, 2.45) is 11.7 Å². The van der Waals surface area contributed by atoms with E-state index in [1.807, 2.05) is 4.90 Å². The lowest BCUT2D eigenvalue weighted by molar-refractivity contribution is -0.134. The average molecular weight is 306 g/mol. The topological polar surface area (TPSA) is 75.4 Å². The minimum Gasteiger partial charge on any atom is -0.346 e. The number of hydrogen-bond donors (Lipinski definition) is 2. The summed E-state index contributed by atoms with van der Waals surface area (Å²) in [5.41, 5.74) is 5.22. The zero-order valence-electron chi connectivity index (χ0n) is 12.6. The van der Waals surface area contributed by atoms with Crippen molar-refractivity contribution in [2.75, 3.05) is 19.6 Å². The summed E-state index contributed by atoms with van der Waals surface area (Å²) in [6, 6.07) is 0.324. The lowest BCUT2D eigenvalue weighted by Gasteiger charge is -2.31. The monoisotopic (exact) mass is 305 g/mol. The third-order valence-corrected chi connectivity index (χ3v) is 3.56. The van der Waals surface area contributed by atoms with Gasteiger partial charge in [-0.3, -0.25) is 9.59 Å². The van der Waals surface area contributed by atoms with Crippen LogP contribution >= 0.6 is 12.4 Å². The predicted molar refractivity (Wildman–Crippen MR) is 82.7 cm³/mol. The molecule has 2 amide bonds. The van der Waals surface area contributed by atoms with E-state index in [2.05, 4.69) is 19.2 Å². The zero-order chi connectivity index (χ0) is 14.3. The molecule has 118 valence electrons. The number of rotatable bonds is 5. The Hall–Kier alpha value is -0.810. The minimum atomic E-state index is -0.274. The second kappa shape index (κ2) is 10.00. The Morgan fingerprint density at radius 2 is 2.00 bits per heavy atom. The fourth-order valence-corrected chi connectivity index (χ4v) is 2.64. The number of likely N-dealkylation sites (tertiary alicyclic amines) is 1. The fourth-order valence-electron chi connectivity index (χ4n) is 2.64. The van der Waals surface area contributed by atoms with E-state index in [1.54, 1.807) is 0 Å². The normalized spacial score (nSPS) is 19.2. The molecule has 1 unspecified atom stereocenters. The molecular weight excluding hydrogens is 278 g/mol. The molecule has 5 nitrogen and oxygen atoms in total. The van der Waals surface area contributed by atoms with Crippen LogP contribution in [0.25, 0.3) is 0 Å². The summed E-state index contributed by atoms with van der Waals surface area (Å²) >= 11 is 0. The van der Waals surface area contributed by atoms with Crippen LogP contribution < -0.4 is 11.1 Å². The van der Waals surface area contributed by atoms with E-state index >= 15 is 0 Å². The molecule has 1 aliphatic rings. The number of halogens is 1. The number of carbonyl (C=O) groups excluding carboxylic acids is 2. The summed E-state index contributed by atoms with van der Waals surface area (Å²) in [7, 11) is 0. The quantitative estimate of drug-likeness (QED) is 0.804. The molecule has 0 bridgehead atoms. The summed E-state index contributed by atoms with van der Waals surface area (Å²) < 4.78 is 0. The summed E-state index contributed by atoms with van der Waals surface area (Å²) in [6.07, 6.45) is 5.56. The molecule has 6 heteroatoms. The van der Waals surface area contributed by atoms with E-state index in [-0.39, 0.29) is 37.3 Å². The number of carbonyl (C=O) groups is 2. The van der Waals surface area contributed by atoms with Crippen molar-refractivity contribution >= 4 is 24.2 Å². The van der Waals surface area contributed by atoms with E-state index < -0.39 is 0 Å². The van der Waals surface area contributed by atoms with Gasteiger partial charge in [-0.1, -0.05) is 26.7 Å². The number of nitrogens with two attached hydrogens (primary N) is 1. The average Bonchev–Trinajstić information content (AvgIpc) is 2.60. The molecule has 20 heavy (non-hydrogen) atoms. The molecule has 0 aromatic rings. The molecule has 1 aliphatic heterocycles. The molecular formula is C14H28ClN3O2. The van der Waals surface area contributed by atoms with E-state index in [1.165, 1.54) is 12.8 Å². The van der Waals surface area contributed by atoms with Gasteiger partial charge in [0, 0.05) is 12.6 Å². The van der Waals surface area contributed by atoms with Crippen molar-refractivity contribution in [2.45, 2.75) is 52.0 Å².